The Hall–Kier alpha value is -1.51. The van der Waals surface area contributed by atoms with Crippen LogP contribution < -0.4 is 4.74 Å². The second-order valence-electron chi connectivity index (χ2n) is 5.93. The highest BCUT2D eigenvalue weighted by Gasteiger charge is 2.03. The average molecular weight is 319 g/mol. The molecule has 1 aromatic rings. The number of ether oxygens (including phenoxy) is 2. The first-order chi connectivity index (χ1) is 11.3. The number of rotatable bonds is 14. The summed E-state index contributed by atoms with van der Waals surface area (Å²) in [5.41, 5.74) is 0. The van der Waals surface area contributed by atoms with Crippen molar-refractivity contribution in [1.82, 2.24) is 0 Å². The van der Waals surface area contributed by atoms with E-state index in [0.29, 0.717) is 12.4 Å². The van der Waals surface area contributed by atoms with E-state index >= 15 is 0 Å². The van der Waals surface area contributed by atoms with E-state index in [-0.39, 0.29) is 12.6 Å². The molecular weight excluding hydrogens is 288 g/mol. The Bertz CT molecular complexity index is 389. The summed E-state index contributed by atoms with van der Waals surface area (Å²) in [6.45, 7) is 2.72. The van der Waals surface area contributed by atoms with E-state index in [2.05, 4.69) is 13.0 Å². The monoisotopic (exact) mass is 319 g/mol. The van der Waals surface area contributed by atoms with Crippen LogP contribution in [-0.2, 0) is 9.53 Å². The summed E-state index contributed by atoms with van der Waals surface area (Å²) in [4.78, 5) is 11.5. The van der Waals surface area contributed by atoms with Gasteiger partial charge in [0, 0.05) is 0 Å². The lowest BCUT2D eigenvalue weighted by Crippen LogP contribution is -2.15. The Labute approximate surface area is 141 Å². The molecule has 3 heteroatoms. The van der Waals surface area contributed by atoms with E-state index in [9.17, 15) is 4.79 Å². The molecular formula is C20H31O3. The fourth-order valence-corrected chi connectivity index (χ4v) is 2.43. The van der Waals surface area contributed by atoms with Gasteiger partial charge in [-0.3, -0.25) is 0 Å². The van der Waals surface area contributed by atoms with Gasteiger partial charge in [-0.15, -0.1) is 0 Å². The third kappa shape index (κ3) is 11.7. The smallest absolute Gasteiger partial charge is 0.344 e. The number of benzene rings is 1. The summed E-state index contributed by atoms with van der Waals surface area (Å²) < 4.78 is 10.5. The molecule has 0 heterocycles. The number of carbonyl (C=O) groups is 1. The van der Waals surface area contributed by atoms with Crippen LogP contribution in [0.1, 0.15) is 71.1 Å². The first-order valence-corrected chi connectivity index (χ1v) is 9.07. The zero-order chi connectivity index (χ0) is 16.6. The standard InChI is InChI=1S/C20H31O3/c1-2-3-4-5-6-7-8-9-10-14-17-22-20(21)18-23-19-15-12-11-13-16-19/h11-12,15-16H,2-10,14,17-18H2,1H3. The van der Waals surface area contributed by atoms with Gasteiger partial charge in [-0.05, 0) is 24.6 Å². The van der Waals surface area contributed by atoms with Gasteiger partial charge in [0.1, 0.15) is 5.75 Å². The Kier molecular flexibility index (Phi) is 12.0. The summed E-state index contributed by atoms with van der Waals surface area (Å²) in [7, 11) is 0. The predicted octanol–water partition coefficient (Wildman–Crippen LogP) is 5.33. The number of unbranched alkanes of at least 4 members (excludes halogenated alkanes) is 9. The van der Waals surface area contributed by atoms with Crippen LogP contribution in [0.4, 0.5) is 0 Å². The van der Waals surface area contributed by atoms with Gasteiger partial charge >= 0.3 is 5.97 Å². The number of hydrogen-bond acceptors (Lipinski definition) is 3. The summed E-state index contributed by atoms with van der Waals surface area (Å²) in [6, 6.07) is 10.0. The molecule has 0 saturated heterocycles. The van der Waals surface area contributed by atoms with Crippen LogP contribution in [0.5, 0.6) is 5.75 Å². The minimum atomic E-state index is -0.301. The fourth-order valence-electron chi connectivity index (χ4n) is 2.43. The van der Waals surface area contributed by atoms with Crippen molar-refractivity contribution in [1.29, 1.82) is 0 Å². The highest BCUT2D eigenvalue weighted by molar-refractivity contribution is 5.71. The largest absolute Gasteiger partial charge is 0.482 e. The molecule has 0 spiro atoms. The maximum absolute atomic E-state index is 11.5. The van der Waals surface area contributed by atoms with E-state index in [1.54, 1.807) is 18.2 Å². The minimum absolute atomic E-state index is 0.0321. The Morgan fingerprint density at radius 1 is 1.00 bits per heavy atom. The van der Waals surface area contributed by atoms with Crippen molar-refractivity contribution in [2.24, 2.45) is 0 Å². The Morgan fingerprint density at radius 3 is 2.26 bits per heavy atom. The second-order valence-corrected chi connectivity index (χ2v) is 5.93. The molecule has 0 bridgehead atoms. The van der Waals surface area contributed by atoms with Crippen molar-refractivity contribution in [3.63, 3.8) is 0 Å². The maximum atomic E-state index is 11.5. The molecule has 1 rings (SSSR count). The summed E-state index contributed by atoms with van der Waals surface area (Å²) in [6.07, 6.45) is 12.8. The third-order valence-corrected chi connectivity index (χ3v) is 3.80. The molecule has 1 radical (unpaired) electrons. The van der Waals surface area contributed by atoms with Crippen LogP contribution in [-0.4, -0.2) is 19.2 Å². The van der Waals surface area contributed by atoms with Crippen LogP contribution >= 0.6 is 0 Å². The molecule has 23 heavy (non-hydrogen) atoms. The molecule has 0 fully saturated rings. The van der Waals surface area contributed by atoms with Crippen LogP contribution in [0.15, 0.2) is 24.3 Å². The molecule has 129 valence electrons. The minimum Gasteiger partial charge on any atom is -0.482 e. The van der Waals surface area contributed by atoms with Gasteiger partial charge < -0.3 is 9.47 Å². The van der Waals surface area contributed by atoms with Crippen LogP contribution in [0.3, 0.4) is 0 Å². The molecule has 0 unspecified atom stereocenters. The quantitative estimate of drug-likeness (QED) is 0.343. The SMILES string of the molecule is CCCCCCCCCCCCOC(=O)COc1c[c]ccc1. The third-order valence-electron chi connectivity index (χ3n) is 3.80. The lowest BCUT2D eigenvalue weighted by molar-refractivity contribution is -0.146. The van der Waals surface area contributed by atoms with Gasteiger partial charge in [-0.1, -0.05) is 76.8 Å². The molecule has 0 N–H and O–H groups in total. The van der Waals surface area contributed by atoms with Gasteiger partial charge in [-0.25, -0.2) is 4.79 Å². The van der Waals surface area contributed by atoms with Crippen molar-refractivity contribution in [3.05, 3.63) is 30.3 Å². The van der Waals surface area contributed by atoms with Crippen molar-refractivity contribution in [2.45, 2.75) is 71.1 Å². The Morgan fingerprint density at radius 2 is 1.65 bits per heavy atom. The molecule has 1 aromatic carbocycles. The summed E-state index contributed by atoms with van der Waals surface area (Å²) in [5.74, 6) is 0.341. The first kappa shape index (κ1) is 19.5. The summed E-state index contributed by atoms with van der Waals surface area (Å²) in [5, 5.41) is 0. The van der Waals surface area contributed by atoms with E-state index in [1.807, 2.05) is 6.07 Å². The molecule has 3 nitrogen and oxygen atoms in total. The van der Waals surface area contributed by atoms with Crippen molar-refractivity contribution in [3.8, 4) is 5.75 Å². The van der Waals surface area contributed by atoms with Crippen LogP contribution in [0, 0.1) is 6.07 Å². The average Bonchev–Trinajstić information content (AvgIpc) is 2.59. The zero-order valence-corrected chi connectivity index (χ0v) is 14.5. The van der Waals surface area contributed by atoms with Gasteiger partial charge in [-0.2, -0.15) is 0 Å². The molecule has 0 aliphatic heterocycles. The molecule has 0 aromatic heterocycles. The lowest BCUT2D eigenvalue weighted by atomic mass is 10.1. The Balaban J connectivity index is 1.84. The van der Waals surface area contributed by atoms with E-state index in [4.69, 9.17) is 9.47 Å². The van der Waals surface area contributed by atoms with Crippen molar-refractivity contribution >= 4 is 5.97 Å². The van der Waals surface area contributed by atoms with E-state index < -0.39 is 0 Å². The van der Waals surface area contributed by atoms with Gasteiger partial charge in [0.15, 0.2) is 6.61 Å². The van der Waals surface area contributed by atoms with Gasteiger partial charge in [0.05, 0.1) is 6.61 Å². The number of esters is 1. The molecule has 0 aliphatic carbocycles. The second kappa shape index (κ2) is 14.1. The maximum Gasteiger partial charge on any atom is 0.344 e. The van der Waals surface area contributed by atoms with Gasteiger partial charge in [0.2, 0.25) is 0 Å². The molecule has 0 amide bonds. The molecule has 0 atom stereocenters. The first-order valence-electron chi connectivity index (χ1n) is 9.07. The summed E-state index contributed by atoms with van der Waals surface area (Å²) >= 11 is 0. The lowest BCUT2D eigenvalue weighted by Gasteiger charge is -2.07. The predicted molar refractivity (Wildman–Crippen MR) is 93.6 cm³/mol. The van der Waals surface area contributed by atoms with Crippen LogP contribution in [0.25, 0.3) is 0 Å². The number of hydrogen-bond donors (Lipinski definition) is 0. The highest BCUT2D eigenvalue weighted by Crippen LogP contribution is 2.11. The topological polar surface area (TPSA) is 35.5 Å². The molecule has 0 saturated carbocycles. The van der Waals surface area contributed by atoms with E-state index in [0.717, 1.165) is 12.8 Å². The number of carbonyl (C=O) groups excluding carboxylic acids is 1. The normalized spacial score (nSPS) is 10.5. The molecule has 0 aliphatic rings. The zero-order valence-electron chi connectivity index (χ0n) is 14.5. The van der Waals surface area contributed by atoms with Crippen molar-refractivity contribution < 1.29 is 14.3 Å². The van der Waals surface area contributed by atoms with Crippen molar-refractivity contribution in [2.75, 3.05) is 13.2 Å². The van der Waals surface area contributed by atoms with E-state index in [1.165, 1.54) is 51.4 Å². The highest BCUT2D eigenvalue weighted by atomic mass is 16.6. The fraction of sp³-hybridized carbons (Fsp3) is 0.650. The van der Waals surface area contributed by atoms with Gasteiger partial charge in [0.25, 0.3) is 0 Å². The van der Waals surface area contributed by atoms with Crippen LogP contribution in [0.2, 0.25) is 0 Å².